The summed E-state index contributed by atoms with van der Waals surface area (Å²) < 4.78 is 1.73. The van der Waals surface area contributed by atoms with Crippen LogP contribution in [0.3, 0.4) is 0 Å². The van der Waals surface area contributed by atoms with Crippen molar-refractivity contribution in [2.45, 2.75) is 6.92 Å². The topological polar surface area (TPSA) is 67.7 Å². The Morgan fingerprint density at radius 2 is 2.20 bits per heavy atom. The molecule has 0 aromatic carbocycles. The highest BCUT2D eigenvalue weighted by atomic mass is 15.3. The van der Waals surface area contributed by atoms with E-state index < -0.39 is 0 Å². The van der Waals surface area contributed by atoms with Crippen LogP contribution in [-0.4, -0.2) is 33.3 Å². The number of aromatic nitrogens is 4. The number of fused-ring (bicyclic) bond motifs is 1. The van der Waals surface area contributed by atoms with Crippen molar-refractivity contribution in [1.82, 2.24) is 19.7 Å². The lowest BCUT2D eigenvalue weighted by Gasteiger charge is -2.06. The number of hydrogen-bond donors (Lipinski definition) is 2. The standard InChI is InChI=1S/C9H14N6/c1-4-11-7-6-5-12-15(3)8(6)14-9(10-2)13-7/h5H,4H2,1-3H3,(H2,10,11,13,14). The number of nitrogens with zero attached hydrogens (tertiary/aromatic N) is 4. The summed E-state index contributed by atoms with van der Waals surface area (Å²) >= 11 is 0. The van der Waals surface area contributed by atoms with Crippen molar-refractivity contribution in [3.05, 3.63) is 6.20 Å². The molecule has 2 rings (SSSR count). The van der Waals surface area contributed by atoms with Crippen molar-refractivity contribution < 1.29 is 0 Å². The maximum atomic E-state index is 4.34. The van der Waals surface area contributed by atoms with E-state index in [1.54, 1.807) is 17.9 Å². The van der Waals surface area contributed by atoms with E-state index in [1.807, 2.05) is 14.0 Å². The molecule has 0 atom stereocenters. The van der Waals surface area contributed by atoms with E-state index in [1.165, 1.54) is 0 Å². The largest absolute Gasteiger partial charge is 0.370 e. The predicted molar refractivity (Wildman–Crippen MR) is 60.0 cm³/mol. The zero-order chi connectivity index (χ0) is 10.8. The molecule has 0 amide bonds. The van der Waals surface area contributed by atoms with Gasteiger partial charge >= 0.3 is 0 Å². The Labute approximate surface area is 87.7 Å². The second kappa shape index (κ2) is 3.72. The molecule has 0 unspecified atom stereocenters. The molecule has 0 spiro atoms. The molecule has 6 nitrogen and oxygen atoms in total. The summed E-state index contributed by atoms with van der Waals surface area (Å²) in [5, 5.41) is 11.2. The number of anilines is 2. The minimum absolute atomic E-state index is 0.599. The molecule has 15 heavy (non-hydrogen) atoms. The summed E-state index contributed by atoms with van der Waals surface area (Å²) in [5.74, 6) is 1.42. The molecule has 0 radical (unpaired) electrons. The molecular formula is C9H14N6. The molecule has 0 aliphatic heterocycles. The molecule has 6 heteroatoms. The Morgan fingerprint density at radius 1 is 1.40 bits per heavy atom. The summed E-state index contributed by atoms with van der Waals surface area (Å²) in [6.45, 7) is 2.85. The Balaban J connectivity index is 2.65. The van der Waals surface area contributed by atoms with E-state index in [4.69, 9.17) is 0 Å². The first-order valence-corrected chi connectivity index (χ1v) is 4.87. The quantitative estimate of drug-likeness (QED) is 0.778. The zero-order valence-corrected chi connectivity index (χ0v) is 9.07. The highest BCUT2D eigenvalue weighted by Crippen LogP contribution is 2.20. The average molecular weight is 206 g/mol. The van der Waals surface area contributed by atoms with Crippen LogP contribution in [0.15, 0.2) is 6.20 Å². The summed E-state index contributed by atoms with van der Waals surface area (Å²) in [6.07, 6.45) is 1.77. The van der Waals surface area contributed by atoms with Gasteiger partial charge in [-0.05, 0) is 6.92 Å². The van der Waals surface area contributed by atoms with Gasteiger partial charge in [-0.3, -0.25) is 4.68 Å². The van der Waals surface area contributed by atoms with Crippen LogP contribution in [0.2, 0.25) is 0 Å². The van der Waals surface area contributed by atoms with Crippen LogP contribution in [-0.2, 0) is 7.05 Å². The lowest BCUT2D eigenvalue weighted by Crippen LogP contribution is -2.05. The first-order chi connectivity index (χ1) is 7.26. The Bertz CT molecular complexity index is 475. The van der Waals surface area contributed by atoms with Gasteiger partial charge in [-0.25, -0.2) is 0 Å². The summed E-state index contributed by atoms with van der Waals surface area (Å²) in [7, 11) is 3.66. The molecule has 2 heterocycles. The third-order valence-electron chi connectivity index (χ3n) is 2.16. The molecule has 2 N–H and O–H groups in total. The zero-order valence-electron chi connectivity index (χ0n) is 9.07. The Morgan fingerprint density at radius 3 is 2.87 bits per heavy atom. The van der Waals surface area contributed by atoms with Crippen LogP contribution in [0.1, 0.15) is 6.92 Å². The minimum atomic E-state index is 0.599. The minimum Gasteiger partial charge on any atom is -0.370 e. The van der Waals surface area contributed by atoms with Crippen molar-refractivity contribution in [3.63, 3.8) is 0 Å². The fraction of sp³-hybridized carbons (Fsp3) is 0.444. The summed E-state index contributed by atoms with van der Waals surface area (Å²) in [5.41, 5.74) is 0.824. The van der Waals surface area contributed by atoms with Gasteiger partial charge in [0.2, 0.25) is 5.95 Å². The second-order valence-electron chi connectivity index (χ2n) is 3.18. The maximum absolute atomic E-state index is 4.34. The number of nitrogens with one attached hydrogen (secondary N) is 2. The van der Waals surface area contributed by atoms with Crippen LogP contribution >= 0.6 is 0 Å². The third kappa shape index (κ3) is 1.58. The molecule has 80 valence electrons. The van der Waals surface area contributed by atoms with Crippen molar-refractivity contribution >= 4 is 22.8 Å². The summed E-state index contributed by atoms with van der Waals surface area (Å²) in [4.78, 5) is 8.67. The van der Waals surface area contributed by atoms with Crippen LogP contribution in [0, 0.1) is 0 Å². The summed E-state index contributed by atoms with van der Waals surface area (Å²) in [6, 6.07) is 0. The fourth-order valence-corrected chi connectivity index (χ4v) is 1.44. The predicted octanol–water partition coefficient (Wildman–Crippen LogP) is 0.837. The van der Waals surface area contributed by atoms with Crippen LogP contribution in [0.4, 0.5) is 11.8 Å². The van der Waals surface area contributed by atoms with Crippen LogP contribution in [0.25, 0.3) is 11.0 Å². The van der Waals surface area contributed by atoms with Gasteiger partial charge in [0.05, 0.1) is 11.6 Å². The molecule has 0 saturated heterocycles. The van der Waals surface area contributed by atoms with E-state index in [0.717, 1.165) is 23.4 Å². The van der Waals surface area contributed by atoms with Gasteiger partial charge in [-0.1, -0.05) is 0 Å². The number of rotatable bonds is 3. The first kappa shape index (κ1) is 9.70. The van der Waals surface area contributed by atoms with Gasteiger partial charge in [0.1, 0.15) is 5.82 Å². The van der Waals surface area contributed by atoms with Crippen molar-refractivity contribution in [1.29, 1.82) is 0 Å². The molecule has 0 aliphatic carbocycles. The van der Waals surface area contributed by atoms with Crippen LogP contribution in [0.5, 0.6) is 0 Å². The average Bonchev–Trinajstić information content (AvgIpc) is 2.61. The molecule has 0 bridgehead atoms. The maximum Gasteiger partial charge on any atom is 0.226 e. The van der Waals surface area contributed by atoms with E-state index in [9.17, 15) is 0 Å². The normalized spacial score (nSPS) is 10.6. The third-order valence-corrected chi connectivity index (χ3v) is 2.16. The van der Waals surface area contributed by atoms with Crippen molar-refractivity contribution in [2.75, 3.05) is 24.2 Å². The molecule has 0 fully saturated rings. The number of aryl methyl sites for hydroxylation is 1. The van der Waals surface area contributed by atoms with Gasteiger partial charge in [0.25, 0.3) is 0 Å². The van der Waals surface area contributed by atoms with E-state index in [2.05, 4.69) is 25.7 Å². The van der Waals surface area contributed by atoms with Gasteiger partial charge in [-0.15, -0.1) is 0 Å². The lowest BCUT2D eigenvalue weighted by molar-refractivity contribution is 0.786. The molecule has 0 aliphatic rings. The van der Waals surface area contributed by atoms with E-state index >= 15 is 0 Å². The van der Waals surface area contributed by atoms with Gasteiger partial charge < -0.3 is 10.6 Å². The highest BCUT2D eigenvalue weighted by molar-refractivity contribution is 5.87. The second-order valence-corrected chi connectivity index (χ2v) is 3.18. The Hall–Kier alpha value is -1.85. The molecule has 2 aromatic heterocycles. The smallest absolute Gasteiger partial charge is 0.226 e. The van der Waals surface area contributed by atoms with E-state index in [-0.39, 0.29) is 0 Å². The first-order valence-electron chi connectivity index (χ1n) is 4.87. The Kier molecular flexibility index (Phi) is 2.40. The van der Waals surface area contributed by atoms with Crippen molar-refractivity contribution in [2.24, 2.45) is 7.05 Å². The van der Waals surface area contributed by atoms with Crippen LogP contribution < -0.4 is 10.6 Å². The van der Waals surface area contributed by atoms with Gasteiger partial charge in [0, 0.05) is 20.6 Å². The van der Waals surface area contributed by atoms with E-state index in [0.29, 0.717) is 5.95 Å². The van der Waals surface area contributed by atoms with Gasteiger partial charge in [0.15, 0.2) is 5.65 Å². The van der Waals surface area contributed by atoms with Crippen molar-refractivity contribution in [3.8, 4) is 0 Å². The lowest BCUT2D eigenvalue weighted by atomic mass is 10.4. The molecule has 0 saturated carbocycles. The van der Waals surface area contributed by atoms with Gasteiger partial charge in [-0.2, -0.15) is 15.1 Å². The molecular weight excluding hydrogens is 192 g/mol. The molecule has 2 aromatic rings. The fourth-order valence-electron chi connectivity index (χ4n) is 1.44. The number of hydrogen-bond acceptors (Lipinski definition) is 5. The SMILES string of the molecule is CCNc1nc(NC)nc2c1cnn2C. The monoisotopic (exact) mass is 206 g/mol. The highest BCUT2D eigenvalue weighted by Gasteiger charge is 2.09.